The number of anilines is 1. The van der Waals surface area contributed by atoms with Gasteiger partial charge >= 0.3 is 0 Å². The summed E-state index contributed by atoms with van der Waals surface area (Å²) in [6.45, 7) is 4.07. The fraction of sp³-hybridized carbons (Fsp3) is 0.562. The van der Waals surface area contributed by atoms with Gasteiger partial charge in [0, 0.05) is 19.2 Å². The van der Waals surface area contributed by atoms with Crippen molar-refractivity contribution >= 4 is 11.6 Å². The minimum atomic E-state index is -0.364. The summed E-state index contributed by atoms with van der Waals surface area (Å²) in [5.74, 6) is 0.0176. The molecule has 2 aliphatic rings. The monoisotopic (exact) mass is 308 g/mol. The number of nitrogens with zero attached hydrogens (tertiary/aromatic N) is 1. The maximum absolute atomic E-state index is 13.3. The molecular formula is C16H21FN2O3. The number of carbonyl (C=O) groups is 1. The normalized spacial score (nSPS) is 24.0. The highest BCUT2D eigenvalue weighted by atomic mass is 19.1. The van der Waals surface area contributed by atoms with Crippen LogP contribution in [0.4, 0.5) is 10.1 Å². The number of benzene rings is 1. The molecule has 1 saturated heterocycles. The molecule has 6 heteroatoms. The standard InChI is InChI=1S/C16H21FN2O3/c1-11-10-19(14-5-4-12(17)7-15(14)22-11)16(20)9-18-8-13-3-2-6-21-13/h4-5,7,11,13,18H,2-3,6,8-10H2,1H3/t11-,13+/m0/s1. The third-order valence-corrected chi connectivity index (χ3v) is 3.95. The summed E-state index contributed by atoms with van der Waals surface area (Å²) in [5, 5.41) is 3.15. The lowest BCUT2D eigenvalue weighted by atomic mass is 10.2. The van der Waals surface area contributed by atoms with E-state index in [1.54, 1.807) is 11.0 Å². The summed E-state index contributed by atoms with van der Waals surface area (Å²) in [6.07, 6.45) is 2.17. The Kier molecular flexibility index (Phi) is 4.59. The number of fused-ring (bicyclic) bond motifs is 1. The highest BCUT2D eigenvalue weighted by Gasteiger charge is 2.27. The van der Waals surface area contributed by atoms with Crippen molar-refractivity contribution in [1.82, 2.24) is 5.32 Å². The predicted octanol–water partition coefficient (Wildman–Crippen LogP) is 1.71. The van der Waals surface area contributed by atoms with Crippen LogP contribution >= 0.6 is 0 Å². The van der Waals surface area contributed by atoms with Crippen LogP contribution in [0.2, 0.25) is 0 Å². The van der Waals surface area contributed by atoms with Crippen LogP contribution in [-0.2, 0) is 9.53 Å². The summed E-state index contributed by atoms with van der Waals surface area (Å²) in [6, 6.07) is 4.26. The van der Waals surface area contributed by atoms with E-state index in [0.717, 1.165) is 19.4 Å². The third kappa shape index (κ3) is 3.39. The minimum absolute atomic E-state index is 0.0407. The Morgan fingerprint density at radius 3 is 3.14 bits per heavy atom. The van der Waals surface area contributed by atoms with E-state index in [0.29, 0.717) is 24.5 Å². The number of carbonyl (C=O) groups excluding carboxylic acids is 1. The van der Waals surface area contributed by atoms with E-state index < -0.39 is 0 Å². The topological polar surface area (TPSA) is 50.8 Å². The number of nitrogens with one attached hydrogen (secondary N) is 1. The molecule has 1 aromatic carbocycles. The first-order chi connectivity index (χ1) is 10.6. The molecule has 1 fully saturated rings. The van der Waals surface area contributed by atoms with E-state index in [1.807, 2.05) is 6.92 Å². The minimum Gasteiger partial charge on any atom is -0.487 e. The molecule has 2 aliphatic heterocycles. The summed E-state index contributed by atoms with van der Waals surface area (Å²) >= 11 is 0. The molecule has 22 heavy (non-hydrogen) atoms. The van der Waals surface area contributed by atoms with Crippen molar-refractivity contribution < 1.29 is 18.7 Å². The Morgan fingerprint density at radius 2 is 2.36 bits per heavy atom. The van der Waals surface area contributed by atoms with Gasteiger partial charge in [0.2, 0.25) is 5.91 Å². The molecule has 3 rings (SSSR count). The summed E-state index contributed by atoms with van der Waals surface area (Å²) in [5.41, 5.74) is 0.628. The summed E-state index contributed by atoms with van der Waals surface area (Å²) in [4.78, 5) is 14.1. The number of hydrogen-bond donors (Lipinski definition) is 1. The second-order valence-electron chi connectivity index (χ2n) is 5.81. The highest BCUT2D eigenvalue weighted by Crippen LogP contribution is 2.33. The molecule has 0 saturated carbocycles. The number of halogens is 1. The lowest BCUT2D eigenvalue weighted by molar-refractivity contribution is -0.118. The molecule has 1 aromatic rings. The molecule has 120 valence electrons. The van der Waals surface area contributed by atoms with Gasteiger partial charge < -0.3 is 19.7 Å². The van der Waals surface area contributed by atoms with Crippen molar-refractivity contribution in [3.05, 3.63) is 24.0 Å². The first kappa shape index (κ1) is 15.2. The summed E-state index contributed by atoms with van der Waals surface area (Å²) in [7, 11) is 0. The van der Waals surface area contributed by atoms with E-state index in [9.17, 15) is 9.18 Å². The van der Waals surface area contributed by atoms with E-state index in [4.69, 9.17) is 9.47 Å². The van der Waals surface area contributed by atoms with Gasteiger partial charge in [0.1, 0.15) is 17.7 Å². The fourth-order valence-electron chi connectivity index (χ4n) is 2.89. The molecule has 2 heterocycles. The average Bonchev–Trinajstić information content (AvgIpc) is 2.99. The van der Waals surface area contributed by atoms with Gasteiger partial charge in [0.05, 0.1) is 24.9 Å². The SMILES string of the molecule is C[C@H]1CN(C(=O)CNC[C@H]2CCCO2)c2ccc(F)cc2O1. The number of rotatable bonds is 4. The second-order valence-corrected chi connectivity index (χ2v) is 5.81. The maximum Gasteiger partial charge on any atom is 0.241 e. The van der Waals surface area contributed by atoms with Gasteiger partial charge in [-0.2, -0.15) is 0 Å². The van der Waals surface area contributed by atoms with Crippen molar-refractivity contribution in [2.45, 2.75) is 32.0 Å². The number of ether oxygens (including phenoxy) is 2. The molecule has 5 nitrogen and oxygen atoms in total. The van der Waals surface area contributed by atoms with Crippen molar-refractivity contribution in [2.75, 3.05) is 31.1 Å². The molecule has 0 spiro atoms. The molecule has 2 atom stereocenters. The molecule has 0 aromatic heterocycles. The van der Waals surface area contributed by atoms with Gasteiger partial charge in [0.15, 0.2) is 0 Å². The zero-order valence-electron chi connectivity index (χ0n) is 12.7. The van der Waals surface area contributed by atoms with Gasteiger partial charge in [-0.05, 0) is 31.9 Å². The average molecular weight is 308 g/mol. The highest BCUT2D eigenvalue weighted by molar-refractivity contribution is 5.96. The smallest absolute Gasteiger partial charge is 0.241 e. The van der Waals surface area contributed by atoms with E-state index in [-0.39, 0.29) is 30.5 Å². The van der Waals surface area contributed by atoms with Crippen LogP contribution in [0.25, 0.3) is 0 Å². The Hall–Kier alpha value is -1.66. The Labute approximate surface area is 129 Å². The largest absolute Gasteiger partial charge is 0.487 e. The van der Waals surface area contributed by atoms with Gasteiger partial charge in [-0.25, -0.2) is 4.39 Å². The van der Waals surface area contributed by atoms with E-state index >= 15 is 0 Å². The first-order valence-corrected chi connectivity index (χ1v) is 7.72. The second kappa shape index (κ2) is 6.62. The van der Waals surface area contributed by atoms with Crippen LogP contribution in [0.5, 0.6) is 5.75 Å². The van der Waals surface area contributed by atoms with Gasteiger partial charge in [-0.3, -0.25) is 4.79 Å². The first-order valence-electron chi connectivity index (χ1n) is 7.72. The molecular weight excluding hydrogens is 287 g/mol. The fourth-order valence-corrected chi connectivity index (χ4v) is 2.89. The van der Waals surface area contributed by atoms with Crippen LogP contribution in [0.3, 0.4) is 0 Å². The Balaban J connectivity index is 1.62. The third-order valence-electron chi connectivity index (χ3n) is 3.95. The van der Waals surface area contributed by atoms with E-state index in [2.05, 4.69) is 5.32 Å². The van der Waals surface area contributed by atoms with Crippen LogP contribution < -0.4 is 15.0 Å². The Bertz CT molecular complexity index is 546. The molecule has 0 unspecified atom stereocenters. The Morgan fingerprint density at radius 1 is 1.50 bits per heavy atom. The quantitative estimate of drug-likeness (QED) is 0.920. The zero-order valence-corrected chi connectivity index (χ0v) is 12.7. The van der Waals surface area contributed by atoms with E-state index in [1.165, 1.54) is 12.1 Å². The van der Waals surface area contributed by atoms with Crippen LogP contribution in [0.1, 0.15) is 19.8 Å². The molecule has 1 N–H and O–H groups in total. The molecule has 0 aliphatic carbocycles. The lowest BCUT2D eigenvalue weighted by Gasteiger charge is -2.33. The van der Waals surface area contributed by atoms with Crippen LogP contribution in [0.15, 0.2) is 18.2 Å². The van der Waals surface area contributed by atoms with Crippen molar-refractivity contribution in [3.8, 4) is 5.75 Å². The van der Waals surface area contributed by atoms with Gasteiger partial charge in [0.25, 0.3) is 0 Å². The van der Waals surface area contributed by atoms with Crippen molar-refractivity contribution in [3.63, 3.8) is 0 Å². The number of amides is 1. The molecule has 0 bridgehead atoms. The number of hydrogen-bond acceptors (Lipinski definition) is 4. The zero-order chi connectivity index (χ0) is 15.5. The van der Waals surface area contributed by atoms with Crippen molar-refractivity contribution in [1.29, 1.82) is 0 Å². The lowest BCUT2D eigenvalue weighted by Crippen LogP contribution is -2.46. The van der Waals surface area contributed by atoms with Crippen LogP contribution in [-0.4, -0.2) is 44.4 Å². The van der Waals surface area contributed by atoms with Gasteiger partial charge in [-0.15, -0.1) is 0 Å². The predicted molar refractivity (Wildman–Crippen MR) is 80.7 cm³/mol. The molecule has 1 amide bonds. The van der Waals surface area contributed by atoms with Crippen LogP contribution in [0, 0.1) is 5.82 Å². The molecule has 0 radical (unpaired) electrons. The maximum atomic E-state index is 13.3. The van der Waals surface area contributed by atoms with Gasteiger partial charge in [-0.1, -0.05) is 0 Å². The van der Waals surface area contributed by atoms with Crippen molar-refractivity contribution in [2.24, 2.45) is 0 Å². The summed E-state index contributed by atoms with van der Waals surface area (Å²) < 4.78 is 24.4.